The number of rotatable bonds is 0. The summed E-state index contributed by atoms with van der Waals surface area (Å²) in [5.41, 5.74) is 0. The molecule has 0 aromatic carbocycles. The fourth-order valence-electron chi connectivity index (χ4n) is 0. The Hall–Kier alpha value is 0.392. The summed E-state index contributed by atoms with van der Waals surface area (Å²) in [6.45, 7) is 1.53. The minimum absolute atomic E-state index is 0. The number of carbonyl (C=O) groups is 1. The van der Waals surface area contributed by atoms with Gasteiger partial charge in [-0.1, -0.05) is 0 Å². The Morgan fingerprint density at radius 2 is 1.57 bits per heavy atom. The molecule has 0 spiro atoms. The molecule has 0 aromatic rings. The van der Waals surface area contributed by atoms with Crippen LogP contribution in [0.4, 0.5) is 0 Å². The fourth-order valence-corrected chi connectivity index (χ4v) is 0. The van der Waals surface area contributed by atoms with E-state index in [4.69, 9.17) is 0 Å². The molecule has 0 radical (unpaired) electrons. The van der Waals surface area contributed by atoms with Crippen molar-refractivity contribution in [2.75, 3.05) is 14.1 Å². The van der Waals surface area contributed by atoms with Gasteiger partial charge < -0.3 is 4.90 Å². The van der Waals surface area contributed by atoms with Crippen LogP contribution in [0, 0.1) is 0 Å². The molecular weight excluding hydrogens is 190 g/mol. The summed E-state index contributed by atoms with van der Waals surface area (Å²) in [5, 5.41) is 0. The van der Waals surface area contributed by atoms with Crippen molar-refractivity contribution < 1.29 is 32.1 Å². The van der Waals surface area contributed by atoms with E-state index in [2.05, 4.69) is 0 Å². The summed E-state index contributed by atoms with van der Waals surface area (Å²) in [6, 6.07) is 0. The predicted octanol–water partition coefficient (Wildman–Crippen LogP) is 0.0920. The summed E-state index contributed by atoms with van der Waals surface area (Å²) in [4.78, 5) is 11.6. The maximum atomic E-state index is 10.1. The Balaban J connectivity index is 0. The smallest absolute Gasteiger partial charge is 0.218 e. The van der Waals surface area contributed by atoms with Crippen molar-refractivity contribution in [2.45, 2.75) is 6.92 Å². The van der Waals surface area contributed by atoms with Gasteiger partial charge in [0.15, 0.2) is 0 Å². The second kappa shape index (κ2) is 4.55. The molecule has 0 fully saturated rings. The van der Waals surface area contributed by atoms with Gasteiger partial charge in [-0.25, -0.2) is 0 Å². The van der Waals surface area contributed by atoms with E-state index in [0.717, 1.165) is 0 Å². The monoisotopic (exact) mass is 201 g/mol. The van der Waals surface area contributed by atoms with E-state index in [9.17, 15) is 4.79 Å². The Morgan fingerprint density at radius 3 is 1.57 bits per heavy atom. The third-order valence-electron chi connectivity index (χ3n) is 0.630. The molecule has 0 aliphatic rings. The van der Waals surface area contributed by atoms with Crippen LogP contribution in [0.1, 0.15) is 6.92 Å². The predicted molar refractivity (Wildman–Crippen MR) is 24.4 cm³/mol. The number of carbonyl (C=O) groups excluding carboxylic acids is 1. The number of amides is 1. The van der Waals surface area contributed by atoms with Gasteiger partial charge >= 0.3 is 0 Å². The van der Waals surface area contributed by atoms with Crippen LogP contribution in [0.3, 0.4) is 0 Å². The van der Waals surface area contributed by atoms with Gasteiger partial charge in [0.2, 0.25) is 5.91 Å². The zero-order valence-electron chi connectivity index (χ0n) is 5.06. The van der Waals surface area contributed by atoms with E-state index >= 15 is 0 Å². The van der Waals surface area contributed by atoms with E-state index in [-0.39, 0.29) is 33.2 Å². The maximum Gasteiger partial charge on any atom is 0.218 e. The summed E-state index contributed by atoms with van der Waals surface area (Å²) in [5.74, 6) is 0.0926. The molecule has 0 atom stereocenters. The minimum Gasteiger partial charge on any atom is -0.349 e. The van der Waals surface area contributed by atoms with Gasteiger partial charge in [0, 0.05) is 48.3 Å². The maximum absolute atomic E-state index is 10.1. The number of nitrogens with zero attached hydrogens (tertiary/aromatic N) is 1. The van der Waals surface area contributed by atoms with E-state index < -0.39 is 0 Å². The normalized spacial score (nSPS) is 6.71. The minimum atomic E-state index is 0. The van der Waals surface area contributed by atoms with E-state index in [1.807, 2.05) is 0 Å². The summed E-state index contributed by atoms with van der Waals surface area (Å²) < 4.78 is 0. The molecule has 1 amide bonds. The first-order valence-electron chi connectivity index (χ1n) is 1.82. The van der Waals surface area contributed by atoms with Crippen LogP contribution in [0.15, 0.2) is 0 Å². The molecule has 0 rings (SSSR count). The van der Waals surface area contributed by atoms with Gasteiger partial charge in [0.1, 0.15) is 0 Å². The first-order chi connectivity index (χ1) is 2.64. The fraction of sp³-hybridized carbons (Fsp3) is 0.750. The standard InChI is InChI=1S/C4H9NO.Cd/c1-4(6)5(2)3;/h1-3H3;. The summed E-state index contributed by atoms with van der Waals surface area (Å²) in [7, 11) is 3.45. The Kier molecular flexibility index (Phi) is 6.75. The van der Waals surface area contributed by atoms with E-state index in [0.29, 0.717) is 0 Å². The largest absolute Gasteiger partial charge is 0.349 e. The van der Waals surface area contributed by atoms with Crippen molar-refractivity contribution in [1.82, 2.24) is 4.90 Å². The molecule has 0 bridgehead atoms. The quantitative estimate of drug-likeness (QED) is 0.507. The molecule has 0 aromatic heterocycles. The van der Waals surface area contributed by atoms with Gasteiger partial charge in [-0.15, -0.1) is 0 Å². The summed E-state index contributed by atoms with van der Waals surface area (Å²) >= 11 is 0. The average Bonchev–Trinajstić information content (AvgIpc) is 1.36. The Bertz CT molecular complexity index is 62.7. The topological polar surface area (TPSA) is 20.3 Å². The SMILES string of the molecule is CC(=O)N(C)C.[Cd]. The first kappa shape index (κ1) is 10.4. The van der Waals surface area contributed by atoms with Crippen molar-refractivity contribution in [2.24, 2.45) is 0 Å². The molecule has 0 heterocycles. The molecule has 0 saturated carbocycles. The van der Waals surface area contributed by atoms with E-state index in [1.54, 1.807) is 14.1 Å². The first-order valence-corrected chi connectivity index (χ1v) is 1.82. The number of hydrogen-bond acceptors (Lipinski definition) is 1. The van der Waals surface area contributed by atoms with Crippen LogP contribution < -0.4 is 0 Å². The molecule has 0 aliphatic carbocycles. The molecule has 0 saturated heterocycles. The molecule has 0 unspecified atom stereocenters. The average molecular weight is 200 g/mol. The third-order valence-corrected chi connectivity index (χ3v) is 0.630. The molecule has 38 valence electrons. The second-order valence-electron chi connectivity index (χ2n) is 1.41. The molecule has 0 N–H and O–H groups in total. The van der Waals surface area contributed by atoms with Crippen molar-refractivity contribution in [3.63, 3.8) is 0 Å². The van der Waals surface area contributed by atoms with Crippen molar-refractivity contribution in [3.05, 3.63) is 0 Å². The third kappa shape index (κ3) is 6.39. The molecule has 3 heteroatoms. The zero-order valence-corrected chi connectivity index (χ0v) is 9.10. The van der Waals surface area contributed by atoms with Gasteiger partial charge in [-0.05, 0) is 0 Å². The Morgan fingerprint density at radius 1 is 1.43 bits per heavy atom. The summed E-state index contributed by atoms with van der Waals surface area (Å²) in [6.07, 6.45) is 0. The zero-order chi connectivity index (χ0) is 5.15. The molecule has 0 aliphatic heterocycles. The van der Waals surface area contributed by atoms with Crippen molar-refractivity contribution in [3.8, 4) is 0 Å². The van der Waals surface area contributed by atoms with Crippen LogP contribution in [0.25, 0.3) is 0 Å². The molecule has 7 heavy (non-hydrogen) atoms. The van der Waals surface area contributed by atoms with Gasteiger partial charge in [-0.2, -0.15) is 0 Å². The van der Waals surface area contributed by atoms with Crippen LogP contribution in [-0.4, -0.2) is 24.9 Å². The second-order valence-corrected chi connectivity index (χ2v) is 1.41. The van der Waals surface area contributed by atoms with Crippen molar-refractivity contribution in [1.29, 1.82) is 0 Å². The molecule has 2 nitrogen and oxygen atoms in total. The van der Waals surface area contributed by atoms with Crippen LogP contribution >= 0.6 is 0 Å². The van der Waals surface area contributed by atoms with Gasteiger partial charge in [0.25, 0.3) is 0 Å². The van der Waals surface area contributed by atoms with E-state index in [1.165, 1.54) is 11.8 Å². The van der Waals surface area contributed by atoms with Crippen LogP contribution in [0.2, 0.25) is 0 Å². The molecular formula is C4H9CdNO. The van der Waals surface area contributed by atoms with Crippen LogP contribution in [-0.2, 0) is 32.1 Å². The van der Waals surface area contributed by atoms with Gasteiger partial charge in [0.05, 0.1) is 0 Å². The van der Waals surface area contributed by atoms with Crippen molar-refractivity contribution >= 4 is 5.91 Å². The van der Waals surface area contributed by atoms with Crippen LogP contribution in [0.5, 0.6) is 0 Å². The number of hydrogen-bond donors (Lipinski definition) is 0. The Labute approximate surface area is 64.0 Å². The van der Waals surface area contributed by atoms with Gasteiger partial charge in [-0.3, -0.25) is 4.79 Å².